The molecule has 4 atom stereocenters. The molecule has 2 N–H and O–H groups in total. The number of likely N-dealkylation sites (tertiary alicyclic amines) is 1. The van der Waals surface area contributed by atoms with Gasteiger partial charge < -0.3 is 15.4 Å². The summed E-state index contributed by atoms with van der Waals surface area (Å²) in [6.45, 7) is 0.215. The third-order valence-electron chi connectivity index (χ3n) is 6.90. The highest BCUT2D eigenvalue weighted by Crippen LogP contribution is 2.44. The molecule has 4 heterocycles. The number of nitrogens with zero attached hydrogens (tertiary/aromatic N) is 3. The van der Waals surface area contributed by atoms with E-state index >= 15 is 0 Å². The lowest BCUT2D eigenvalue weighted by Gasteiger charge is -2.34. The number of hydrogen-bond acceptors (Lipinski definition) is 7. The third-order valence-corrected chi connectivity index (χ3v) is 8.45. The number of Topliss-reactive ketones (excluding diaryl/α,β-unsaturated/α-hetero) is 1. The predicted molar refractivity (Wildman–Crippen MR) is 123 cm³/mol. The molecule has 0 radical (unpaired) electrons. The van der Waals surface area contributed by atoms with Crippen LogP contribution in [0.5, 0.6) is 0 Å². The Labute approximate surface area is 200 Å². The van der Waals surface area contributed by atoms with Crippen LogP contribution in [0.1, 0.15) is 53.3 Å². The molecule has 0 bridgehead atoms. The quantitative estimate of drug-likeness (QED) is 0.647. The molecule has 2 aromatic heterocycles. The van der Waals surface area contributed by atoms with Gasteiger partial charge in [0.25, 0.3) is 5.91 Å². The van der Waals surface area contributed by atoms with Crippen LogP contribution in [-0.2, 0) is 14.3 Å². The second kappa shape index (κ2) is 9.12. The molecule has 174 valence electrons. The van der Waals surface area contributed by atoms with Gasteiger partial charge in [0.05, 0.1) is 21.0 Å². The molecule has 0 aromatic carbocycles. The maximum Gasteiger partial charge on any atom is 0.259 e. The van der Waals surface area contributed by atoms with Crippen LogP contribution in [0.25, 0.3) is 10.7 Å². The summed E-state index contributed by atoms with van der Waals surface area (Å²) in [5.74, 6) is -0.947. The number of rotatable bonds is 5. The van der Waals surface area contributed by atoms with E-state index in [4.69, 9.17) is 22.1 Å². The second-order valence-electron chi connectivity index (χ2n) is 8.90. The molecule has 1 saturated carbocycles. The van der Waals surface area contributed by atoms with E-state index in [0.717, 1.165) is 32.1 Å². The molecule has 3 aliphatic rings. The molecule has 1 aliphatic carbocycles. The molecule has 2 aliphatic heterocycles. The number of hydrogen-bond donors (Lipinski definition) is 1. The van der Waals surface area contributed by atoms with Gasteiger partial charge >= 0.3 is 0 Å². The molecule has 2 amide bonds. The lowest BCUT2D eigenvalue weighted by atomic mass is 9.76. The van der Waals surface area contributed by atoms with E-state index in [1.165, 1.54) is 11.3 Å². The van der Waals surface area contributed by atoms with Crippen LogP contribution in [0.4, 0.5) is 0 Å². The minimum absolute atomic E-state index is 0.0308. The molecule has 5 rings (SSSR count). The first kappa shape index (κ1) is 22.4. The number of ketones is 1. The average Bonchev–Trinajstić information content (AvgIpc) is 3.52. The largest absolute Gasteiger partial charge is 0.366 e. The first-order valence-electron chi connectivity index (χ1n) is 11.3. The van der Waals surface area contributed by atoms with E-state index in [0.29, 0.717) is 21.1 Å². The van der Waals surface area contributed by atoms with Gasteiger partial charge in [0, 0.05) is 18.9 Å². The average molecular weight is 489 g/mol. The van der Waals surface area contributed by atoms with Crippen LogP contribution in [-0.4, -0.2) is 63.1 Å². The van der Waals surface area contributed by atoms with Gasteiger partial charge in [-0.2, -0.15) is 0 Å². The summed E-state index contributed by atoms with van der Waals surface area (Å²) in [6.07, 6.45) is 7.68. The van der Waals surface area contributed by atoms with Crippen LogP contribution in [0.15, 0.2) is 24.5 Å². The van der Waals surface area contributed by atoms with Crippen molar-refractivity contribution in [3.8, 4) is 10.7 Å². The van der Waals surface area contributed by atoms with Crippen molar-refractivity contribution >= 4 is 40.5 Å². The number of halogens is 1. The van der Waals surface area contributed by atoms with Gasteiger partial charge in [-0.15, -0.1) is 22.9 Å². The summed E-state index contributed by atoms with van der Waals surface area (Å²) < 4.78 is 5.57. The zero-order chi connectivity index (χ0) is 23.1. The molecular formula is C23H25ClN4O4S. The van der Waals surface area contributed by atoms with E-state index < -0.39 is 29.3 Å². The highest BCUT2D eigenvalue weighted by molar-refractivity contribution is 7.17. The zero-order valence-corrected chi connectivity index (χ0v) is 19.6. The number of ether oxygens (including phenoxy) is 1. The van der Waals surface area contributed by atoms with Crippen LogP contribution < -0.4 is 5.73 Å². The second-order valence-corrected chi connectivity index (χ2v) is 10.5. The van der Waals surface area contributed by atoms with E-state index in [-0.39, 0.29) is 30.8 Å². The van der Waals surface area contributed by atoms with Crippen LogP contribution in [0.3, 0.4) is 0 Å². The fourth-order valence-electron chi connectivity index (χ4n) is 5.42. The standard InChI is InChI=1S/C23H25ClN4O4S/c24-14-10-28(18-15(29)11-32-19(14)18)23(31)17(12-5-2-1-3-6-12)13-9-16(33-20(13)21(25)30)22-26-7-4-8-27-22/h4,7-9,12,14,17-19H,1-3,5-6,10-11H2,(H2,25,30)/t14-,17-,18+,19+/m0/s1. The molecule has 8 nitrogen and oxygen atoms in total. The van der Waals surface area contributed by atoms with Crippen LogP contribution in [0, 0.1) is 5.92 Å². The number of primary amides is 1. The Balaban J connectivity index is 1.57. The summed E-state index contributed by atoms with van der Waals surface area (Å²) in [4.78, 5) is 50.3. The van der Waals surface area contributed by atoms with Gasteiger partial charge in [-0.3, -0.25) is 14.4 Å². The number of fused-ring (bicyclic) bond motifs is 1. The minimum atomic E-state index is -0.668. The maximum atomic E-state index is 14.1. The summed E-state index contributed by atoms with van der Waals surface area (Å²) in [5.41, 5.74) is 6.37. The molecule has 3 fully saturated rings. The van der Waals surface area contributed by atoms with Gasteiger partial charge in [0.2, 0.25) is 5.91 Å². The SMILES string of the molecule is NC(=O)c1sc(-c2ncccn2)cc1[C@@H](C(=O)N1C[C@H](Cl)[C@H]2OCC(=O)[C@H]21)C1CCCCC1. The maximum absolute atomic E-state index is 14.1. The monoisotopic (exact) mass is 488 g/mol. The fourth-order valence-corrected chi connectivity index (χ4v) is 6.79. The Bertz CT molecular complexity index is 1070. The van der Waals surface area contributed by atoms with Gasteiger partial charge in [-0.1, -0.05) is 19.3 Å². The molecule has 2 saturated heterocycles. The number of amides is 2. The molecule has 0 spiro atoms. The van der Waals surface area contributed by atoms with Crippen LogP contribution >= 0.6 is 22.9 Å². The lowest BCUT2D eigenvalue weighted by molar-refractivity contribution is -0.139. The van der Waals surface area contributed by atoms with Gasteiger partial charge in [-0.25, -0.2) is 9.97 Å². The van der Waals surface area contributed by atoms with Crippen LogP contribution in [0.2, 0.25) is 0 Å². The van der Waals surface area contributed by atoms with Crippen molar-refractivity contribution in [1.29, 1.82) is 0 Å². The van der Waals surface area contributed by atoms with Crippen molar-refractivity contribution in [1.82, 2.24) is 14.9 Å². The highest BCUT2D eigenvalue weighted by Gasteiger charge is 2.53. The highest BCUT2D eigenvalue weighted by atomic mass is 35.5. The number of nitrogens with two attached hydrogens (primary N) is 1. The van der Waals surface area contributed by atoms with Crippen molar-refractivity contribution in [2.24, 2.45) is 11.7 Å². The zero-order valence-electron chi connectivity index (χ0n) is 18.0. The summed E-state index contributed by atoms with van der Waals surface area (Å²) in [6, 6.07) is 2.88. The molecule has 0 unspecified atom stereocenters. The Morgan fingerprint density at radius 2 is 1.94 bits per heavy atom. The molecule has 2 aromatic rings. The minimum Gasteiger partial charge on any atom is -0.366 e. The Morgan fingerprint density at radius 3 is 2.64 bits per heavy atom. The van der Waals surface area contributed by atoms with Gasteiger partial charge in [-0.05, 0) is 36.5 Å². The first-order valence-corrected chi connectivity index (χ1v) is 12.5. The topological polar surface area (TPSA) is 115 Å². The van der Waals surface area contributed by atoms with E-state index in [1.54, 1.807) is 23.4 Å². The Morgan fingerprint density at radius 1 is 1.21 bits per heavy atom. The van der Waals surface area contributed by atoms with Crippen molar-refractivity contribution in [2.45, 2.75) is 55.5 Å². The number of carbonyl (C=O) groups is 3. The van der Waals surface area contributed by atoms with Crippen molar-refractivity contribution < 1.29 is 19.1 Å². The van der Waals surface area contributed by atoms with E-state index in [9.17, 15) is 14.4 Å². The van der Waals surface area contributed by atoms with E-state index in [1.807, 2.05) is 6.07 Å². The molecule has 10 heteroatoms. The summed E-state index contributed by atoms with van der Waals surface area (Å²) >= 11 is 7.67. The normalized spacial score (nSPS) is 26.4. The van der Waals surface area contributed by atoms with Crippen molar-refractivity contribution in [2.75, 3.05) is 13.2 Å². The van der Waals surface area contributed by atoms with Crippen molar-refractivity contribution in [3.63, 3.8) is 0 Å². The lowest BCUT2D eigenvalue weighted by Crippen LogP contribution is -2.46. The molecular weight excluding hydrogens is 464 g/mol. The van der Waals surface area contributed by atoms with Crippen molar-refractivity contribution in [3.05, 3.63) is 35.0 Å². The number of alkyl halides is 1. The number of aromatic nitrogens is 2. The Kier molecular flexibility index (Phi) is 6.20. The number of thiophene rings is 1. The first-order chi connectivity index (χ1) is 16.0. The van der Waals surface area contributed by atoms with Gasteiger partial charge in [0.15, 0.2) is 11.6 Å². The van der Waals surface area contributed by atoms with Gasteiger partial charge in [0.1, 0.15) is 18.8 Å². The predicted octanol–water partition coefficient (Wildman–Crippen LogP) is 2.75. The summed E-state index contributed by atoms with van der Waals surface area (Å²) in [5, 5.41) is -0.441. The van der Waals surface area contributed by atoms with E-state index in [2.05, 4.69) is 9.97 Å². The fraction of sp³-hybridized carbons (Fsp3) is 0.522. The Hall–Kier alpha value is -2.36. The summed E-state index contributed by atoms with van der Waals surface area (Å²) in [7, 11) is 0. The number of carbonyl (C=O) groups excluding carboxylic acids is 3. The third kappa shape index (κ3) is 4.06. The molecule has 33 heavy (non-hydrogen) atoms. The smallest absolute Gasteiger partial charge is 0.259 e.